The van der Waals surface area contributed by atoms with Gasteiger partial charge in [-0.2, -0.15) is 0 Å². The van der Waals surface area contributed by atoms with Gasteiger partial charge in [0.1, 0.15) is 0 Å². The van der Waals surface area contributed by atoms with Crippen molar-refractivity contribution in [2.75, 3.05) is 0 Å². The number of benzene rings is 1. The Bertz CT molecular complexity index is 597. The summed E-state index contributed by atoms with van der Waals surface area (Å²) in [6.07, 6.45) is 0. The van der Waals surface area contributed by atoms with E-state index in [1.807, 2.05) is 12.1 Å². The molecule has 0 saturated carbocycles. The average molecular weight is 313 g/mol. The van der Waals surface area contributed by atoms with Crippen molar-refractivity contribution in [2.24, 2.45) is 0 Å². The van der Waals surface area contributed by atoms with Crippen molar-refractivity contribution in [1.82, 2.24) is 0 Å². The summed E-state index contributed by atoms with van der Waals surface area (Å²) in [7, 11) is 0. The fourth-order valence-corrected chi connectivity index (χ4v) is 4.10. The molecule has 19 heavy (non-hydrogen) atoms. The van der Waals surface area contributed by atoms with E-state index < -0.39 is 0 Å². The normalized spacial score (nSPS) is 12.8. The Morgan fingerprint density at radius 3 is 1.74 bits per heavy atom. The van der Waals surface area contributed by atoms with Crippen LogP contribution in [0.3, 0.4) is 0 Å². The second-order valence-electron chi connectivity index (χ2n) is 5.04. The Kier molecular flexibility index (Phi) is 4.29. The van der Waals surface area contributed by atoms with Crippen molar-refractivity contribution in [2.45, 2.75) is 40.0 Å². The number of halogens is 2. The summed E-state index contributed by atoms with van der Waals surface area (Å²) in [5.74, 6) is 0. The van der Waals surface area contributed by atoms with Gasteiger partial charge >= 0.3 is 0 Å². The molecule has 1 aromatic heterocycles. The molecule has 1 aromatic carbocycles. The lowest BCUT2D eigenvalue weighted by atomic mass is 9.88. The van der Waals surface area contributed by atoms with Crippen molar-refractivity contribution in [1.29, 1.82) is 0 Å². The number of thiophene rings is 1. The Hall–Kier alpha value is -0.500. The maximum Gasteiger partial charge on any atom is 0.0933 e. The van der Waals surface area contributed by atoms with Crippen LogP contribution in [0.4, 0.5) is 0 Å². The first-order chi connectivity index (χ1) is 8.84. The molecule has 0 saturated heterocycles. The van der Waals surface area contributed by atoms with Gasteiger partial charge in [-0.15, -0.1) is 22.9 Å². The van der Waals surface area contributed by atoms with Gasteiger partial charge < -0.3 is 0 Å². The molecular formula is C16H18Cl2S. The van der Waals surface area contributed by atoms with Crippen molar-refractivity contribution in [3.8, 4) is 0 Å². The second-order valence-corrected chi connectivity index (χ2v) is 7.23. The monoisotopic (exact) mass is 312 g/mol. The summed E-state index contributed by atoms with van der Waals surface area (Å²) >= 11 is 14.3. The van der Waals surface area contributed by atoms with E-state index in [0.29, 0.717) is 0 Å². The van der Waals surface area contributed by atoms with Gasteiger partial charge in [0.15, 0.2) is 0 Å². The van der Waals surface area contributed by atoms with Crippen LogP contribution in [0, 0.1) is 34.6 Å². The van der Waals surface area contributed by atoms with Gasteiger partial charge in [-0.1, -0.05) is 11.6 Å². The molecule has 2 aromatic rings. The molecule has 0 nitrogen and oxygen atoms in total. The van der Waals surface area contributed by atoms with E-state index in [9.17, 15) is 0 Å². The zero-order valence-electron chi connectivity index (χ0n) is 11.9. The van der Waals surface area contributed by atoms with Crippen LogP contribution >= 0.6 is 34.5 Å². The number of hydrogen-bond acceptors (Lipinski definition) is 1. The maximum atomic E-state index is 6.70. The molecule has 0 aliphatic carbocycles. The summed E-state index contributed by atoms with van der Waals surface area (Å²) in [4.78, 5) is 1.11. The van der Waals surface area contributed by atoms with Gasteiger partial charge in [0.2, 0.25) is 0 Å². The molecule has 0 spiro atoms. The highest BCUT2D eigenvalue weighted by molar-refractivity contribution is 7.16. The van der Waals surface area contributed by atoms with E-state index in [-0.39, 0.29) is 5.38 Å². The molecule has 0 N–H and O–H groups in total. The molecule has 0 aliphatic heterocycles. The highest BCUT2D eigenvalue weighted by Gasteiger charge is 2.21. The topological polar surface area (TPSA) is 0 Å². The molecule has 1 unspecified atom stereocenters. The van der Waals surface area contributed by atoms with Gasteiger partial charge in [-0.25, -0.2) is 0 Å². The summed E-state index contributed by atoms with van der Waals surface area (Å²) in [6.45, 7) is 10.8. The van der Waals surface area contributed by atoms with Gasteiger partial charge in [0.25, 0.3) is 0 Å². The third-order valence-electron chi connectivity index (χ3n) is 4.16. The highest BCUT2D eigenvalue weighted by atomic mass is 35.5. The maximum absolute atomic E-state index is 6.70. The molecule has 0 radical (unpaired) electrons. The molecule has 0 amide bonds. The summed E-state index contributed by atoms with van der Waals surface area (Å²) in [5, 5.41) is -0.115. The third-order valence-corrected chi connectivity index (χ3v) is 6.03. The lowest BCUT2D eigenvalue weighted by Gasteiger charge is -2.21. The van der Waals surface area contributed by atoms with Gasteiger partial charge in [-0.3, -0.25) is 0 Å². The first-order valence-corrected chi connectivity index (χ1v) is 7.93. The second kappa shape index (κ2) is 5.47. The van der Waals surface area contributed by atoms with Crippen LogP contribution in [-0.4, -0.2) is 0 Å². The average Bonchev–Trinajstić information content (AvgIpc) is 2.81. The first kappa shape index (κ1) is 14.9. The van der Waals surface area contributed by atoms with Crippen LogP contribution < -0.4 is 0 Å². The van der Waals surface area contributed by atoms with E-state index >= 15 is 0 Å². The van der Waals surface area contributed by atoms with Gasteiger partial charge in [0, 0.05) is 4.88 Å². The van der Waals surface area contributed by atoms with E-state index in [2.05, 4.69) is 34.6 Å². The molecule has 0 aliphatic rings. The van der Waals surface area contributed by atoms with Crippen molar-refractivity contribution < 1.29 is 0 Å². The smallest absolute Gasteiger partial charge is 0.0933 e. The number of hydrogen-bond donors (Lipinski definition) is 0. The lowest BCUT2D eigenvalue weighted by molar-refractivity contribution is 1.05. The summed E-state index contributed by atoms with van der Waals surface area (Å²) in [6, 6.07) is 3.93. The summed E-state index contributed by atoms with van der Waals surface area (Å²) < 4.78 is 0.788. The number of alkyl halides is 1. The van der Waals surface area contributed by atoms with Crippen molar-refractivity contribution >= 4 is 34.5 Å². The molecule has 1 atom stereocenters. The van der Waals surface area contributed by atoms with Gasteiger partial charge in [-0.05, 0) is 80.1 Å². The van der Waals surface area contributed by atoms with Crippen molar-refractivity contribution in [3.05, 3.63) is 54.7 Å². The fraction of sp³-hybridized carbons (Fsp3) is 0.375. The Labute approximate surface area is 129 Å². The van der Waals surface area contributed by atoms with Crippen LogP contribution in [0.5, 0.6) is 0 Å². The molecule has 0 bridgehead atoms. The quantitative estimate of drug-likeness (QED) is 0.573. The Balaban J connectivity index is 2.63. The lowest BCUT2D eigenvalue weighted by Crippen LogP contribution is -2.05. The zero-order valence-corrected chi connectivity index (χ0v) is 14.2. The van der Waals surface area contributed by atoms with E-state index in [1.54, 1.807) is 11.3 Å². The molecule has 1 heterocycles. The molecule has 2 rings (SSSR count). The standard InChI is InChI=1S/C16H18Cl2S/c1-8-9(2)11(4)15(12(5)10(8)3)16(18)13-6-7-14(17)19-13/h6-7,16H,1-5H3. The van der Waals surface area contributed by atoms with Crippen LogP contribution in [0.15, 0.2) is 12.1 Å². The van der Waals surface area contributed by atoms with Crippen LogP contribution in [0.1, 0.15) is 43.6 Å². The van der Waals surface area contributed by atoms with Gasteiger partial charge in [0.05, 0.1) is 9.71 Å². The Morgan fingerprint density at radius 1 is 0.842 bits per heavy atom. The third kappa shape index (κ3) is 2.56. The minimum absolute atomic E-state index is 0.115. The fourth-order valence-electron chi connectivity index (χ4n) is 2.52. The first-order valence-electron chi connectivity index (χ1n) is 6.30. The minimum Gasteiger partial charge on any atom is -0.127 e. The van der Waals surface area contributed by atoms with Crippen molar-refractivity contribution in [3.63, 3.8) is 0 Å². The zero-order chi connectivity index (χ0) is 14.3. The molecule has 3 heteroatoms. The van der Waals surface area contributed by atoms with E-state index in [4.69, 9.17) is 23.2 Å². The SMILES string of the molecule is Cc1c(C)c(C)c(C(Cl)c2ccc(Cl)s2)c(C)c1C. The predicted molar refractivity (Wildman–Crippen MR) is 87.2 cm³/mol. The number of rotatable bonds is 2. The molecule has 0 fully saturated rings. The molecule has 102 valence electrons. The molecular weight excluding hydrogens is 295 g/mol. The predicted octanol–water partition coefficient (Wildman–Crippen LogP) is 6.27. The van der Waals surface area contributed by atoms with E-state index in [0.717, 1.165) is 9.21 Å². The van der Waals surface area contributed by atoms with E-state index in [1.165, 1.54) is 33.4 Å². The van der Waals surface area contributed by atoms with Crippen LogP contribution in [0.25, 0.3) is 0 Å². The summed E-state index contributed by atoms with van der Waals surface area (Å²) in [5.41, 5.74) is 7.88. The Morgan fingerprint density at radius 2 is 1.32 bits per heavy atom. The van der Waals surface area contributed by atoms with Crippen LogP contribution in [0.2, 0.25) is 4.34 Å². The largest absolute Gasteiger partial charge is 0.127 e. The van der Waals surface area contributed by atoms with Crippen LogP contribution in [-0.2, 0) is 0 Å². The highest BCUT2D eigenvalue weighted by Crippen LogP contribution is 2.40. The minimum atomic E-state index is -0.115.